The van der Waals surface area contributed by atoms with Gasteiger partial charge < -0.3 is 14.9 Å². The Kier molecular flexibility index (Phi) is 5.26. The summed E-state index contributed by atoms with van der Waals surface area (Å²) >= 11 is 0. The first kappa shape index (κ1) is 17.1. The van der Waals surface area contributed by atoms with Crippen LogP contribution in [-0.2, 0) is 4.74 Å². The molecule has 2 N–H and O–H groups in total. The average molecular weight is 328 g/mol. The molecule has 0 amide bonds. The minimum atomic E-state index is -1.25. The molecule has 0 aliphatic rings. The van der Waals surface area contributed by atoms with E-state index in [0.717, 1.165) is 0 Å². The zero-order valence-electron chi connectivity index (χ0n) is 13.1. The van der Waals surface area contributed by atoms with E-state index in [1.165, 1.54) is 18.2 Å². The number of carboxylic acids is 1. The highest BCUT2D eigenvalue weighted by molar-refractivity contribution is 5.91. The van der Waals surface area contributed by atoms with E-state index in [-0.39, 0.29) is 23.1 Å². The maximum absolute atomic E-state index is 11.7. The number of ether oxygens (including phenoxy) is 1. The third-order valence-electron chi connectivity index (χ3n) is 2.94. The number of carbonyl (C=O) groups is 2. The second-order valence-corrected chi connectivity index (χ2v) is 5.21. The fraction of sp³-hybridized carbons (Fsp3) is 0.176. The van der Waals surface area contributed by atoms with Crippen LogP contribution in [0.4, 0.5) is 11.4 Å². The Balaban J connectivity index is 2.14. The lowest BCUT2D eigenvalue weighted by Gasteiger charge is -2.07. The number of hydrogen-bond donors (Lipinski definition) is 2. The lowest BCUT2D eigenvalue weighted by atomic mass is 10.2. The highest BCUT2D eigenvalue weighted by atomic mass is 16.5. The van der Waals surface area contributed by atoms with Gasteiger partial charge >= 0.3 is 11.9 Å². The summed E-state index contributed by atoms with van der Waals surface area (Å²) in [5, 5.41) is 26.3. The summed E-state index contributed by atoms with van der Waals surface area (Å²) in [7, 11) is 0. The summed E-state index contributed by atoms with van der Waals surface area (Å²) in [4.78, 5) is 22.7. The highest BCUT2D eigenvalue weighted by Gasteiger charge is 2.10. The molecule has 0 spiro atoms. The second-order valence-electron chi connectivity index (χ2n) is 5.21. The smallest absolute Gasteiger partial charge is 0.339 e. The molecule has 0 saturated heterocycles. The topological polar surface area (TPSA) is 109 Å². The first-order valence-corrected chi connectivity index (χ1v) is 7.16. The summed E-state index contributed by atoms with van der Waals surface area (Å²) in [5.41, 5.74) is 0.924. The number of carbonyl (C=O) groups excluding carboxylic acids is 1. The van der Waals surface area contributed by atoms with Gasteiger partial charge in [-0.1, -0.05) is 0 Å². The third kappa shape index (κ3) is 4.39. The van der Waals surface area contributed by atoms with Gasteiger partial charge in [0.15, 0.2) is 0 Å². The van der Waals surface area contributed by atoms with Crippen LogP contribution < -0.4 is 0 Å². The Labute approximate surface area is 138 Å². The number of aromatic carboxylic acids is 1. The van der Waals surface area contributed by atoms with Crippen molar-refractivity contribution in [1.29, 1.82) is 0 Å². The predicted octanol–water partition coefficient (Wildman–Crippen LogP) is 4.07. The molecule has 2 rings (SSSR count). The van der Waals surface area contributed by atoms with Crippen molar-refractivity contribution in [3.63, 3.8) is 0 Å². The zero-order valence-corrected chi connectivity index (χ0v) is 13.1. The first-order valence-electron chi connectivity index (χ1n) is 7.16. The standard InChI is InChI=1S/C17H16N2O5/c1-10(2)24-17(23)11-3-5-12(6-4-11)18-19-13-7-8-15(20)14(9-13)16(21)22/h3-10,20H,1-2H3,(H,21,22). The Morgan fingerprint density at radius 1 is 1.00 bits per heavy atom. The Morgan fingerprint density at radius 3 is 2.17 bits per heavy atom. The van der Waals surface area contributed by atoms with Crippen LogP contribution >= 0.6 is 0 Å². The van der Waals surface area contributed by atoms with Crippen molar-refractivity contribution in [3.05, 3.63) is 53.6 Å². The zero-order chi connectivity index (χ0) is 17.7. The first-order chi connectivity index (χ1) is 11.4. The number of carboxylic acid groups (broad SMARTS) is 1. The van der Waals surface area contributed by atoms with Crippen molar-refractivity contribution < 1.29 is 24.5 Å². The number of hydrogen-bond acceptors (Lipinski definition) is 6. The molecule has 24 heavy (non-hydrogen) atoms. The van der Waals surface area contributed by atoms with Crippen molar-refractivity contribution in [3.8, 4) is 5.75 Å². The molecule has 124 valence electrons. The fourth-order valence-corrected chi connectivity index (χ4v) is 1.82. The molecule has 7 nitrogen and oxygen atoms in total. The Bertz CT molecular complexity index is 782. The van der Waals surface area contributed by atoms with Gasteiger partial charge in [-0.05, 0) is 56.3 Å². The van der Waals surface area contributed by atoms with Crippen LogP contribution in [0.1, 0.15) is 34.6 Å². The monoisotopic (exact) mass is 328 g/mol. The van der Waals surface area contributed by atoms with Crippen molar-refractivity contribution in [2.75, 3.05) is 0 Å². The van der Waals surface area contributed by atoms with Gasteiger partial charge in [-0.2, -0.15) is 10.2 Å². The summed E-state index contributed by atoms with van der Waals surface area (Å²) in [6, 6.07) is 10.2. The van der Waals surface area contributed by atoms with E-state index in [4.69, 9.17) is 9.84 Å². The molecule has 0 atom stereocenters. The second kappa shape index (κ2) is 7.36. The Hall–Kier alpha value is -3.22. The van der Waals surface area contributed by atoms with E-state index in [1.54, 1.807) is 38.1 Å². The molecule has 0 saturated carbocycles. The molecule has 0 aliphatic heterocycles. The summed E-state index contributed by atoms with van der Waals surface area (Å²) in [5.74, 6) is -2.01. The molecule has 2 aromatic rings. The number of aromatic hydroxyl groups is 1. The predicted molar refractivity (Wildman–Crippen MR) is 86.2 cm³/mol. The minimum Gasteiger partial charge on any atom is -0.507 e. The third-order valence-corrected chi connectivity index (χ3v) is 2.94. The minimum absolute atomic E-state index is 0.199. The Morgan fingerprint density at radius 2 is 1.58 bits per heavy atom. The van der Waals surface area contributed by atoms with Crippen LogP contribution in [-0.4, -0.2) is 28.3 Å². The maximum Gasteiger partial charge on any atom is 0.339 e. The van der Waals surface area contributed by atoms with Gasteiger partial charge in [0.1, 0.15) is 11.3 Å². The molecule has 0 heterocycles. The van der Waals surface area contributed by atoms with E-state index < -0.39 is 11.9 Å². The molecule has 7 heteroatoms. The molecular weight excluding hydrogens is 312 g/mol. The number of azo groups is 1. The van der Waals surface area contributed by atoms with Crippen LogP contribution in [0.2, 0.25) is 0 Å². The molecular formula is C17H16N2O5. The largest absolute Gasteiger partial charge is 0.507 e. The fourth-order valence-electron chi connectivity index (χ4n) is 1.82. The number of esters is 1. The lowest BCUT2D eigenvalue weighted by Crippen LogP contribution is -2.11. The van der Waals surface area contributed by atoms with Crippen molar-refractivity contribution >= 4 is 23.3 Å². The molecule has 2 aromatic carbocycles. The number of benzene rings is 2. The summed E-state index contributed by atoms with van der Waals surface area (Å²) < 4.78 is 5.08. The number of nitrogens with zero attached hydrogens (tertiary/aromatic N) is 2. The lowest BCUT2D eigenvalue weighted by molar-refractivity contribution is 0.0377. The maximum atomic E-state index is 11.7. The van der Waals surface area contributed by atoms with Gasteiger partial charge in [-0.25, -0.2) is 9.59 Å². The van der Waals surface area contributed by atoms with Crippen LogP contribution in [0.15, 0.2) is 52.7 Å². The van der Waals surface area contributed by atoms with Crippen molar-refractivity contribution in [1.82, 2.24) is 0 Å². The van der Waals surface area contributed by atoms with E-state index in [1.807, 2.05) is 0 Å². The van der Waals surface area contributed by atoms with Crippen molar-refractivity contribution in [2.45, 2.75) is 20.0 Å². The van der Waals surface area contributed by atoms with E-state index >= 15 is 0 Å². The summed E-state index contributed by atoms with van der Waals surface area (Å²) in [6.45, 7) is 3.53. The van der Waals surface area contributed by atoms with Crippen LogP contribution in [0.3, 0.4) is 0 Å². The molecule has 0 aromatic heterocycles. The van der Waals surface area contributed by atoms with Crippen LogP contribution in [0.25, 0.3) is 0 Å². The van der Waals surface area contributed by atoms with Gasteiger partial charge in [-0.15, -0.1) is 0 Å². The van der Waals surface area contributed by atoms with Gasteiger partial charge in [0.25, 0.3) is 0 Å². The van der Waals surface area contributed by atoms with Gasteiger partial charge in [0.2, 0.25) is 0 Å². The highest BCUT2D eigenvalue weighted by Crippen LogP contribution is 2.25. The number of rotatable bonds is 5. The van der Waals surface area contributed by atoms with Crippen LogP contribution in [0, 0.1) is 0 Å². The SMILES string of the molecule is CC(C)OC(=O)c1ccc(N=Nc2ccc(O)c(C(=O)O)c2)cc1. The van der Waals surface area contributed by atoms with E-state index in [2.05, 4.69) is 10.2 Å². The molecule has 0 bridgehead atoms. The molecule has 0 aliphatic carbocycles. The molecule has 0 radical (unpaired) electrons. The van der Waals surface area contributed by atoms with Gasteiger partial charge in [-0.3, -0.25) is 0 Å². The molecule has 0 fully saturated rings. The van der Waals surface area contributed by atoms with E-state index in [9.17, 15) is 14.7 Å². The van der Waals surface area contributed by atoms with Crippen LogP contribution in [0.5, 0.6) is 5.75 Å². The van der Waals surface area contributed by atoms with Gasteiger partial charge in [0.05, 0.1) is 23.0 Å². The van der Waals surface area contributed by atoms with Gasteiger partial charge in [0, 0.05) is 0 Å². The van der Waals surface area contributed by atoms with Crippen molar-refractivity contribution in [2.24, 2.45) is 10.2 Å². The summed E-state index contributed by atoms with van der Waals surface area (Å²) in [6.07, 6.45) is -0.199. The average Bonchev–Trinajstić information content (AvgIpc) is 2.53. The quantitative estimate of drug-likeness (QED) is 0.635. The van der Waals surface area contributed by atoms with E-state index in [0.29, 0.717) is 11.3 Å². The molecule has 0 unspecified atom stereocenters. The number of phenols is 1. The normalized spacial score (nSPS) is 11.0.